The largest absolute Gasteiger partial charge is 0.391 e. The average Bonchev–Trinajstić information content (AvgIpc) is 2.89. The molecule has 0 saturated heterocycles. The summed E-state index contributed by atoms with van der Waals surface area (Å²) in [5.74, 6) is -0.282. The third kappa shape index (κ3) is 3.64. The van der Waals surface area contributed by atoms with Crippen molar-refractivity contribution < 1.29 is 9.90 Å². The minimum Gasteiger partial charge on any atom is -0.391 e. The molecule has 0 spiro atoms. The normalized spacial score (nSPS) is 13.6. The van der Waals surface area contributed by atoms with E-state index in [9.17, 15) is 14.7 Å². The topological polar surface area (TPSA) is 87.1 Å². The molecule has 0 radical (unpaired) electrons. The fourth-order valence-corrected chi connectivity index (χ4v) is 2.78. The number of H-pyrrole nitrogens is 1. The van der Waals surface area contributed by atoms with Gasteiger partial charge in [-0.2, -0.15) is 0 Å². The molecular weight excluding hydrogens is 318 g/mol. The van der Waals surface area contributed by atoms with Gasteiger partial charge in [0.05, 0.1) is 23.2 Å². The van der Waals surface area contributed by atoms with E-state index in [1.165, 1.54) is 4.57 Å². The number of rotatable bonds is 5. The maximum absolute atomic E-state index is 12.5. The minimum absolute atomic E-state index is 0.223. The number of aryl methyl sites for hydroxylation is 1. The SMILES string of the molecule is C[C@@H](NC(=O)c1ccc2[nH]c(=O)n(C)c2c1)[C@@H](O)Cc1ccccc1. The maximum Gasteiger partial charge on any atom is 0.326 e. The highest BCUT2D eigenvalue weighted by Crippen LogP contribution is 2.13. The van der Waals surface area contributed by atoms with Crippen LogP contribution in [0.25, 0.3) is 11.0 Å². The average molecular weight is 339 g/mol. The number of nitrogens with one attached hydrogen (secondary N) is 2. The summed E-state index contributed by atoms with van der Waals surface area (Å²) >= 11 is 0. The molecule has 130 valence electrons. The standard InChI is InChI=1S/C19H21N3O3/c1-12(17(23)10-13-6-4-3-5-7-13)20-18(24)14-8-9-15-16(11-14)22(2)19(25)21-15/h3-9,11-12,17,23H,10H2,1-2H3,(H,20,24)(H,21,25)/t12-,17+/m1/s1. The van der Waals surface area contributed by atoms with E-state index in [-0.39, 0.29) is 11.6 Å². The Morgan fingerprint density at radius 3 is 2.68 bits per heavy atom. The van der Waals surface area contributed by atoms with Crippen molar-refractivity contribution in [3.05, 3.63) is 70.1 Å². The molecule has 0 aliphatic carbocycles. The second-order valence-corrected chi connectivity index (χ2v) is 6.24. The molecule has 3 N–H and O–H groups in total. The second-order valence-electron chi connectivity index (χ2n) is 6.24. The molecule has 0 aliphatic rings. The van der Waals surface area contributed by atoms with Gasteiger partial charge in [-0.1, -0.05) is 30.3 Å². The van der Waals surface area contributed by atoms with Crippen molar-refractivity contribution in [2.45, 2.75) is 25.5 Å². The Labute approximate surface area is 145 Å². The van der Waals surface area contributed by atoms with Gasteiger partial charge < -0.3 is 15.4 Å². The predicted molar refractivity (Wildman–Crippen MR) is 96.6 cm³/mol. The number of carbonyl (C=O) groups is 1. The molecule has 3 aromatic rings. The minimum atomic E-state index is -0.688. The van der Waals surface area contributed by atoms with Gasteiger partial charge in [0.2, 0.25) is 0 Å². The van der Waals surface area contributed by atoms with Crippen molar-refractivity contribution >= 4 is 16.9 Å². The van der Waals surface area contributed by atoms with Gasteiger partial charge in [0.1, 0.15) is 0 Å². The number of fused-ring (bicyclic) bond motifs is 1. The van der Waals surface area contributed by atoms with Crippen LogP contribution in [-0.4, -0.2) is 32.7 Å². The quantitative estimate of drug-likeness (QED) is 0.660. The van der Waals surface area contributed by atoms with Crippen LogP contribution in [0.3, 0.4) is 0 Å². The Balaban J connectivity index is 1.70. The first-order chi connectivity index (χ1) is 12.0. The Kier molecular flexibility index (Phi) is 4.72. The van der Waals surface area contributed by atoms with Crippen molar-refractivity contribution in [2.24, 2.45) is 7.05 Å². The van der Waals surface area contributed by atoms with Crippen LogP contribution in [0.1, 0.15) is 22.8 Å². The van der Waals surface area contributed by atoms with Gasteiger partial charge in [0.15, 0.2) is 0 Å². The number of aromatic amines is 1. The van der Waals surface area contributed by atoms with Crippen LogP contribution >= 0.6 is 0 Å². The zero-order valence-electron chi connectivity index (χ0n) is 14.2. The molecule has 0 aliphatic heterocycles. The monoisotopic (exact) mass is 339 g/mol. The van der Waals surface area contributed by atoms with Crippen LogP contribution in [0, 0.1) is 0 Å². The van der Waals surface area contributed by atoms with E-state index in [1.807, 2.05) is 30.3 Å². The molecule has 2 atom stereocenters. The molecule has 1 heterocycles. The van der Waals surface area contributed by atoms with Crippen LogP contribution in [-0.2, 0) is 13.5 Å². The number of aliphatic hydroxyl groups excluding tert-OH is 1. The lowest BCUT2D eigenvalue weighted by Gasteiger charge is -2.20. The van der Waals surface area contributed by atoms with Gasteiger partial charge in [-0.3, -0.25) is 9.36 Å². The predicted octanol–water partition coefficient (Wildman–Crippen LogP) is 1.59. The lowest BCUT2D eigenvalue weighted by molar-refractivity contribution is 0.0852. The molecule has 1 amide bonds. The number of carbonyl (C=O) groups excluding carboxylic acids is 1. The summed E-state index contributed by atoms with van der Waals surface area (Å²) in [5.41, 5.74) is 2.58. The van der Waals surface area contributed by atoms with Gasteiger partial charge in [-0.15, -0.1) is 0 Å². The molecule has 0 bridgehead atoms. The number of benzene rings is 2. The summed E-state index contributed by atoms with van der Waals surface area (Å²) in [6.07, 6.45) is -0.222. The van der Waals surface area contributed by atoms with Crippen molar-refractivity contribution in [3.63, 3.8) is 0 Å². The summed E-state index contributed by atoms with van der Waals surface area (Å²) in [5, 5.41) is 13.1. The lowest BCUT2D eigenvalue weighted by atomic mass is 10.0. The summed E-state index contributed by atoms with van der Waals surface area (Å²) in [7, 11) is 1.65. The molecule has 2 aromatic carbocycles. The zero-order valence-corrected chi connectivity index (χ0v) is 14.2. The Bertz CT molecular complexity index is 943. The Morgan fingerprint density at radius 2 is 1.96 bits per heavy atom. The summed E-state index contributed by atoms with van der Waals surface area (Å²) in [4.78, 5) is 26.8. The van der Waals surface area contributed by atoms with E-state index >= 15 is 0 Å². The third-order valence-electron chi connectivity index (χ3n) is 4.39. The third-order valence-corrected chi connectivity index (χ3v) is 4.39. The van der Waals surface area contributed by atoms with E-state index < -0.39 is 12.1 Å². The number of hydrogen-bond acceptors (Lipinski definition) is 3. The van der Waals surface area contributed by atoms with E-state index in [1.54, 1.807) is 32.2 Å². The zero-order chi connectivity index (χ0) is 18.0. The highest BCUT2D eigenvalue weighted by atomic mass is 16.3. The van der Waals surface area contributed by atoms with E-state index in [0.717, 1.165) is 5.56 Å². The van der Waals surface area contributed by atoms with Crippen LogP contribution in [0.15, 0.2) is 53.3 Å². The molecule has 3 rings (SSSR count). The number of aliphatic hydroxyl groups is 1. The Hall–Kier alpha value is -2.86. The summed E-state index contributed by atoms with van der Waals surface area (Å²) < 4.78 is 1.46. The summed E-state index contributed by atoms with van der Waals surface area (Å²) in [6, 6.07) is 14.3. The van der Waals surface area contributed by atoms with Gasteiger partial charge in [-0.25, -0.2) is 4.79 Å². The van der Waals surface area contributed by atoms with Crippen LogP contribution < -0.4 is 11.0 Å². The number of nitrogens with zero attached hydrogens (tertiary/aromatic N) is 1. The Morgan fingerprint density at radius 1 is 1.24 bits per heavy atom. The highest BCUT2D eigenvalue weighted by Gasteiger charge is 2.18. The van der Waals surface area contributed by atoms with E-state index in [0.29, 0.717) is 23.0 Å². The molecule has 0 fully saturated rings. The molecule has 1 aromatic heterocycles. The smallest absolute Gasteiger partial charge is 0.326 e. The molecule has 6 nitrogen and oxygen atoms in total. The van der Waals surface area contributed by atoms with Crippen molar-refractivity contribution in [2.75, 3.05) is 0 Å². The molecule has 0 unspecified atom stereocenters. The van der Waals surface area contributed by atoms with Crippen molar-refractivity contribution in [1.29, 1.82) is 0 Å². The van der Waals surface area contributed by atoms with Gasteiger partial charge in [0, 0.05) is 19.0 Å². The number of imidazole rings is 1. The van der Waals surface area contributed by atoms with Crippen LogP contribution in [0.4, 0.5) is 0 Å². The van der Waals surface area contributed by atoms with Crippen LogP contribution in [0.5, 0.6) is 0 Å². The fraction of sp³-hybridized carbons (Fsp3) is 0.263. The van der Waals surface area contributed by atoms with E-state index in [2.05, 4.69) is 10.3 Å². The van der Waals surface area contributed by atoms with Gasteiger partial charge >= 0.3 is 5.69 Å². The first kappa shape index (κ1) is 17.0. The first-order valence-corrected chi connectivity index (χ1v) is 8.17. The lowest BCUT2D eigenvalue weighted by Crippen LogP contribution is -2.42. The van der Waals surface area contributed by atoms with E-state index in [4.69, 9.17) is 0 Å². The second kappa shape index (κ2) is 6.94. The maximum atomic E-state index is 12.5. The molecular formula is C19H21N3O3. The first-order valence-electron chi connectivity index (χ1n) is 8.17. The van der Waals surface area contributed by atoms with Crippen molar-refractivity contribution in [3.8, 4) is 0 Å². The van der Waals surface area contributed by atoms with Crippen molar-refractivity contribution in [1.82, 2.24) is 14.9 Å². The number of hydrogen-bond donors (Lipinski definition) is 3. The summed E-state index contributed by atoms with van der Waals surface area (Å²) in [6.45, 7) is 1.77. The molecule has 25 heavy (non-hydrogen) atoms. The molecule has 0 saturated carbocycles. The van der Waals surface area contributed by atoms with Gasteiger partial charge in [0.25, 0.3) is 5.91 Å². The fourth-order valence-electron chi connectivity index (χ4n) is 2.78. The van der Waals surface area contributed by atoms with Crippen LogP contribution in [0.2, 0.25) is 0 Å². The number of amides is 1. The highest BCUT2D eigenvalue weighted by molar-refractivity contribution is 5.97. The molecule has 6 heteroatoms. The van der Waals surface area contributed by atoms with Gasteiger partial charge in [-0.05, 0) is 30.7 Å². The number of aromatic nitrogens is 2.